The van der Waals surface area contributed by atoms with Crippen molar-refractivity contribution in [1.82, 2.24) is 19.6 Å². The summed E-state index contributed by atoms with van der Waals surface area (Å²) in [5.74, 6) is 2.75. The molecule has 96 valence electrons. The first-order chi connectivity index (χ1) is 8.66. The van der Waals surface area contributed by atoms with Gasteiger partial charge in [0.05, 0.1) is 0 Å². The number of fused-ring (bicyclic) bond motifs is 1. The van der Waals surface area contributed by atoms with Crippen LogP contribution in [-0.4, -0.2) is 33.2 Å². The first-order valence-corrected chi connectivity index (χ1v) is 6.55. The summed E-state index contributed by atoms with van der Waals surface area (Å²) in [5.41, 5.74) is 2.22. The van der Waals surface area contributed by atoms with Gasteiger partial charge in [-0.25, -0.2) is 4.98 Å². The Kier molecular flexibility index (Phi) is 2.69. The number of nitrogens with zero attached hydrogens (tertiary/aromatic N) is 5. The molecular formula is C13H19N5. The fraction of sp³-hybridized carbons (Fsp3) is 0.615. The fourth-order valence-corrected chi connectivity index (χ4v) is 2.35. The topological polar surface area (TPSA) is 46.3 Å². The van der Waals surface area contributed by atoms with Crippen molar-refractivity contribution in [1.29, 1.82) is 0 Å². The molecule has 0 unspecified atom stereocenters. The molecule has 0 aliphatic heterocycles. The molecule has 5 heteroatoms. The van der Waals surface area contributed by atoms with E-state index in [0.29, 0.717) is 5.78 Å². The Hall–Kier alpha value is -1.65. The van der Waals surface area contributed by atoms with Gasteiger partial charge in [-0.15, -0.1) is 0 Å². The van der Waals surface area contributed by atoms with Crippen LogP contribution in [-0.2, 0) is 0 Å². The van der Waals surface area contributed by atoms with Crippen LogP contribution in [0.15, 0.2) is 6.33 Å². The fourth-order valence-electron chi connectivity index (χ4n) is 2.35. The summed E-state index contributed by atoms with van der Waals surface area (Å²) < 4.78 is 1.84. The number of aromatic nitrogens is 4. The molecule has 5 nitrogen and oxygen atoms in total. The van der Waals surface area contributed by atoms with E-state index >= 15 is 0 Å². The molecule has 2 aromatic heterocycles. The highest BCUT2D eigenvalue weighted by Crippen LogP contribution is 2.33. The van der Waals surface area contributed by atoms with Crippen molar-refractivity contribution in [3.63, 3.8) is 0 Å². The number of hydrogen-bond donors (Lipinski definition) is 0. The molecule has 0 atom stereocenters. The van der Waals surface area contributed by atoms with E-state index in [-0.39, 0.29) is 0 Å². The van der Waals surface area contributed by atoms with Crippen LogP contribution in [0.2, 0.25) is 0 Å². The molecule has 2 aromatic rings. The first kappa shape index (κ1) is 11.4. The van der Waals surface area contributed by atoms with Gasteiger partial charge in [0, 0.05) is 24.8 Å². The Morgan fingerprint density at radius 2 is 2.17 bits per heavy atom. The van der Waals surface area contributed by atoms with E-state index in [1.54, 1.807) is 6.33 Å². The zero-order valence-electron chi connectivity index (χ0n) is 11.2. The largest absolute Gasteiger partial charge is 0.359 e. The Labute approximate surface area is 107 Å². The van der Waals surface area contributed by atoms with Crippen molar-refractivity contribution in [2.45, 2.75) is 33.1 Å². The third-order valence-electron chi connectivity index (χ3n) is 3.81. The van der Waals surface area contributed by atoms with Crippen LogP contribution in [0.3, 0.4) is 0 Å². The summed E-state index contributed by atoms with van der Waals surface area (Å²) in [5, 5.41) is 4.29. The van der Waals surface area contributed by atoms with Crippen LogP contribution < -0.4 is 4.90 Å². The average molecular weight is 245 g/mol. The predicted octanol–water partition coefficient (Wildman–Crippen LogP) is 1.98. The summed E-state index contributed by atoms with van der Waals surface area (Å²) >= 11 is 0. The van der Waals surface area contributed by atoms with Crippen LogP contribution in [0.5, 0.6) is 0 Å². The molecule has 3 rings (SSSR count). The maximum Gasteiger partial charge on any atom is 0.254 e. The van der Waals surface area contributed by atoms with E-state index in [4.69, 9.17) is 0 Å². The second-order valence-corrected chi connectivity index (χ2v) is 5.27. The van der Waals surface area contributed by atoms with E-state index in [2.05, 4.69) is 33.9 Å². The highest BCUT2D eigenvalue weighted by atomic mass is 15.4. The molecule has 1 aliphatic rings. The van der Waals surface area contributed by atoms with Crippen LogP contribution >= 0.6 is 0 Å². The summed E-state index contributed by atoms with van der Waals surface area (Å²) in [6.07, 6.45) is 5.65. The molecule has 0 N–H and O–H groups in total. The molecule has 1 aliphatic carbocycles. The SMILES string of the molecule is Cc1nc2ncnn2c(N(C)CCC2CC2)c1C. The molecule has 0 aromatic carbocycles. The lowest BCUT2D eigenvalue weighted by atomic mass is 10.2. The lowest BCUT2D eigenvalue weighted by molar-refractivity contribution is 0.695. The van der Waals surface area contributed by atoms with Crippen molar-refractivity contribution in [2.24, 2.45) is 5.92 Å². The van der Waals surface area contributed by atoms with Crippen molar-refractivity contribution in [3.05, 3.63) is 17.6 Å². The van der Waals surface area contributed by atoms with Crippen LogP contribution in [0.25, 0.3) is 5.78 Å². The Balaban J connectivity index is 1.96. The van der Waals surface area contributed by atoms with Gasteiger partial charge in [0.2, 0.25) is 0 Å². The number of rotatable bonds is 4. The van der Waals surface area contributed by atoms with Gasteiger partial charge in [-0.2, -0.15) is 14.6 Å². The van der Waals surface area contributed by atoms with Gasteiger partial charge in [0.25, 0.3) is 5.78 Å². The molecule has 0 spiro atoms. The average Bonchev–Trinajstić information content (AvgIpc) is 3.07. The van der Waals surface area contributed by atoms with E-state index in [0.717, 1.165) is 24.0 Å². The third-order valence-corrected chi connectivity index (χ3v) is 3.81. The molecule has 0 radical (unpaired) electrons. The lowest BCUT2D eigenvalue weighted by Gasteiger charge is -2.22. The highest BCUT2D eigenvalue weighted by Gasteiger charge is 2.22. The van der Waals surface area contributed by atoms with Crippen LogP contribution in [0.4, 0.5) is 5.82 Å². The van der Waals surface area contributed by atoms with Gasteiger partial charge in [0.15, 0.2) is 0 Å². The lowest BCUT2D eigenvalue weighted by Crippen LogP contribution is -2.24. The first-order valence-electron chi connectivity index (χ1n) is 6.55. The van der Waals surface area contributed by atoms with Crippen LogP contribution in [0, 0.1) is 19.8 Å². The quantitative estimate of drug-likeness (QED) is 0.826. The van der Waals surface area contributed by atoms with E-state index in [9.17, 15) is 0 Å². The maximum absolute atomic E-state index is 4.45. The second-order valence-electron chi connectivity index (χ2n) is 5.27. The number of hydrogen-bond acceptors (Lipinski definition) is 4. The van der Waals surface area contributed by atoms with Gasteiger partial charge in [0.1, 0.15) is 12.1 Å². The minimum Gasteiger partial charge on any atom is -0.359 e. The predicted molar refractivity (Wildman–Crippen MR) is 70.9 cm³/mol. The summed E-state index contributed by atoms with van der Waals surface area (Å²) in [6.45, 7) is 5.21. The molecule has 1 saturated carbocycles. The van der Waals surface area contributed by atoms with Gasteiger partial charge in [-0.3, -0.25) is 0 Å². The Morgan fingerprint density at radius 3 is 2.89 bits per heavy atom. The highest BCUT2D eigenvalue weighted by molar-refractivity contribution is 5.53. The van der Waals surface area contributed by atoms with Crippen LogP contribution in [0.1, 0.15) is 30.5 Å². The maximum atomic E-state index is 4.45. The summed E-state index contributed by atoms with van der Waals surface area (Å²) in [7, 11) is 2.13. The second kappa shape index (κ2) is 4.23. The molecule has 2 heterocycles. The van der Waals surface area contributed by atoms with Gasteiger partial charge in [-0.1, -0.05) is 12.8 Å². The number of anilines is 1. The zero-order chi connectivity index (χ0) is 12.7. The third kappa shape index (κ3) is 1.94. The normalized spacial score (nSPS) is 15.3. The molecule has 0 saturated heterocycles. The molecule has 0 bridgehead atoms. The molecule has 18 heavy (non-hydrogen) atoms. The van der Waals surface area contributed by atoms with E-state index in [1.807, 2.05) is 11.4 Å². The van der Waals surface area contributed by atoms with E-state index in [1.165, 1.54) is 24.8 Å². The monoisotopic (exact) mass is 245 g/mol. The summed E-state index contributed by atoms with van der Waals surface area (Å²) in [4.78, 5) is 10.9. The molecule has 0 amide bonds. The number of aryl methyl sites for hydroxylation is 1. The van der Waals surface area contributed by atoms with Gasteiger partial charge < -0.3 is 4.90 Å². The van der Waals surface area contributed by atoms with E-state index < -0.39 is 0 Å². The minimum absolute atomic E-state index is 0.686. The smallest absolute Gasteiger partial charge is 0.254 e. The van der Waals surface area contributed by atoms with Gasteiger partial charge in [-0.05, 0) is 26.2 Å². The van der Waals surface area contributed by atoms with Crippen molar-refractivity contribution in [2.75, 3.05) is 18.5 Å². The van der Waals surface area contributed by atoms with Crippen molar-refractivity contribution < 1.29 is 0 Å². The van der Waals surface area contributed by atoms with Crippen molar-refractivity contribution >= 4 is 11.6 Å². The van der Waals surface area contributed by atoms with Gasteiger partial charge >= 0.3 is 0 Å². The molecule has 1 fully saturated rings. The molecular weight excluding hydrogens is 226 g/mol. The standard InChI is InChI=1S/C13H19N5/c1-9-10(2)16-13-14-8-15-18(13)12(9)17(3)7-6-11-4-5-11/h8,11H,4-7H2,1-3H3. The minimum atomic E-state index is 0.686. The Morgan fingerprint density at radius 1 is 1.39 bits per heavy atom. The zero-order valence-corrected chi connectivity index (χ0v) is 11.2. The summed E-state index contributed by atoms with van der Waals surface area (Å²) in [6, 6.07) is 0. The van der Waals surface area contributed by atoms with Crippen molar-refractivity contribution in [3.8, 4) is 0 Å². The Bertz CT molecular complexity index is 570.